The lowest BCUT2D eigenvalue weighted by molar-refractivity contribution is 0.140. The largest absolute Gasteiger partial charge is 0.454 e. The van der Waals surface area contributed by atoms with Crippen LogP contribution in [0.3, 0.4) is 0 Å². The van der Waals surface area contributed by atoms with Gasteiger partial charge >= 0.3 is 0 Å². The summed E-state index contributed by atoms with van der Waals surface area (Å²) in [6.45, 7) is 17.5. The number of fused-ring (bicyclic) bond motifs is 1. The molecule has 9 heteroatoms. The van der Waals surface area contributed by atoms with Crippen LogP contribution in [0.4, 0.5) is 0 Å². The fraction of sp³-hybridized carbons (Fsp3) is 0.708. The van der Waals surface area contributed by atoms with Crippen molar-refractivity contribution in [2.24, 2.45) is 10.9 Å². The number of benzene rings is 1. The maximum Gasteiger partial charge on any atom is 0.231 e. The predicted molar refractivity (Wildman–Crippen MR) is 144 cm³/mol. The second kappa shape index (κ2) is 13.0. The average Bonchev–Trinajstić information content (AvgIpc) is 3.27. The average molecular weight is 573 g/mol. The highest BCUT2D eigenvalue weighted by molar-refractivity contribution is 14.0. The molecule has 33 heavy (non-hydrogen) atoms. The van der Waals surface area contributed by atoms with Gasteiger partial charge in [-0.2, -0.15) is 0 Å². The minimum atomic E-state index is 0. The van der Waals surface area contributed by atoms with E-state index in [2.05, 4.69) is 57.9 Å². The van der Waals surface area contributed by atoms with Crippen LogP contribution in [0.5, 0.6) is 11.5 Å². The summed E-state index contributed by atoms with van der Waals surface area (Å²) in [6.07, 6.45) is 0. The predicted octanol–water partition coefficient (Wildman–Crippen LogP) is 2.00. The number of nitrogens with one attached hydrogen (secondary N) is 1. The molecule has 1 atom stereocenters. The molecule has 1 aromatic carbocycles. The van der Waals surface area contributed by atoms with Gasteiger partial charge < -0.3 is 29.5 Å². The normalized spacial score (nSPS) is 21.1. The van der Waals surface area contributed by atoms with Gasteiger partial charge in [-0.05, 0) is 37.6 Å². The van der Waals surface area contributed by atoms with Crippen molar-refractivity contribution in [3.05, 3.63) is 23.8 Å². The van der Waals surface area contributed by atoms with Crippen LogP contribution >= 0.6 is 24.0 Å². The molecule has 1 N–H and O–H groups in total. The Hall–Kier alpha value is -1.30. The molecular weight excluding hydrogens is 531 g/mol. The zero-order chi connectivity index (χ0) is 22.3. The van der Waals surface area contributed by atoms with Gasteiger partial charge in [-0.25, -0.2) is 0 Å². The van der Waals surface area contributed by atoms with Crippen LogP contribution in [0.15, 0.2) is 23.2 Å². The molecular formula is C24H41IN6O2. The maximum absolute atomic E-state index is 5.52. The van der Waals surface area contributed by atoms with Crippen molar-refractivity contribution in [2.45, 2.75) is 20.4 Å². The quantitative estimate of drug-likeness (QED) is 0.305. The van der Waals surface area contributed by atoms with Crippen LogP contribution in [-0.2, 0) is 6.54 Å². The van der Waals surface area contributed by atoms with E-state index in [1.54, 1.807) is 0 Å². The van der Waals surface area contributed by atoms with E-state index in [1.165, 1.54) is 31.7 Å². The van der Waals surface area contributed by atoms with E-state index in [0.717, 1.165) is 69.8 Å². The Balaban J connectivity index is 0.00000306. The summed E-state index contributed by atoms with van der Waals surface area (Å²) in [5.41, 5.74) is 1.28. The van der Waals surface area contributed by atoms with Gasteiger partial charge in [-0.1, -0.05) is 13.0 Å². The van der Waals surface area contributed by atoms with Gasteiger partial charge in [0.15, 0.2) is 17.5 Å². The van der Waals surface area contributed by atoms with Crippen molar-refractivity contribution in [2.75, 3.05) is 85.8 Å². The molecule has 186 valence electrons. The summed E-state index contributed by atoms with van der Waals surface area (Å²) in [4.78, 5) is 14.9. The Kier molecular flexibility index (Phi) is 10.3. The molecule has 0 aliphatic carbocycles. The zero-order valence-corrected chi connectivity index (χ0v) is 22.8. The zero-order valence-electron chi connectivity index (χ0n) is 20.5. The topological polar surface area (TPSA) is 55.8 Å². The Morgan fingerprint density at radius 1 is 1.00 bits per heavy atom. The highest BCUT2D eigenvalue weighted by atomic mass is 127. The van der Waals surface area contributed by atoms with Crippen LogP contribution in [0, 0.1) is 5.92 Å². The molecule has 1 aromatic rings. The number of ether oxygens (including phenoxy) is 2. The summed E-state index contributed by atoms with van der Waals surface area (Å²) >= 11 is 0. The fourth-order valence-electron chi connectivity index (χ4n) is 4.61. The smallest absolute Gasteiger partial charge is 0.231 e. The van der Waals surface area contributed by atoms with Gasteiger partial charge in [-0.3, -0.25) is 9.89 Å². The molecule has 0 bridgehead atoms. The SMILES string of the molecule is CCNC(=NCC(C)CN1CCN(C)CC1)N1CCN(Cc2ccc3c(c2)OCO3)CC1.I. The van der Waals surface area contributed by atoms with Crippen molar-refractivity contribution < 1.29 is 9.47 Å². The third-order valence-corrected chi connectivity index (χ3v) is 6.57. The van der Waals surface area contributed by atoms with Crippen LogP contribution in [0.1, 0.15) is 19.4 Å². The van der Waals surface area contributed by atoms with E-state index in [4.69, 9.17) is 14.5 Å². The van der Waals surface area contributed by atoms with E-state index in [0.29, 0.717) is 12.7 Å². The van der Waals surface area contributed by atoms with Crippen molar-refractivity contribution >= 4 is 29.9 Å². The van der Waals surface area contributed by atoms with Crippen molar-refractivity contribution in [1.29, 1.82) is 0 Å². The van der Waals surface area contributed by atoms with E-state index in [1.807, 2.05) is 6.07 Å². The van der Waals surface area contributed by atoms with Crippen molar-refractivity contribution in [3.63, 3.8) is 0 Å². The van der Waals surface area contributed by atoms with Gasteiger partial charge in [-0.15, -0.1) is 24.0 Å². The molecule has 8 nitrogen and oxygen atoms in total. The molecule has 2 saturated heterocycles. The Morgan fingerprint density at radius 3 is 2.42 bits per heavy atom. The van der Waals surface area contributed by atoms with Gasteiger partial charge in [0.2, 0.25) is 6.79 Å². The molecule has 3 aliphatic heterocycles. The first-order valence-electron chi connectivity index (χ1n) is 12.2. The first kappa shape index (κ1) is 26.3. The molecule has 0 saturated carbocycles. The molecule has 3 heterocycles. The molecule has 4 rings (SSSR count). The maximum atomic E-state index is 5.52. The summed E-state index contributed by atoms with van der Waals surface area (Å²) in [7, 11) is 2.21. The molecule has 1 unspecified atom stereocenters. The molecule has 2 fully saturated rings. The second-order valence-corrected chi connectivity index (χ2v) is 9.35. The van der Waals surface area contributed by atoms with Crippen LogP contribution in [-0.4, -0.2) is 111 Å². The summed E-state index contributed by atoms with van der Waals surface area (Å²) in [5, 5.41) is 3.52. The van der Waals surface area contributed by atoms with Gasteiger partial charge in [0.1, 0.15) is 0 Å². The molecule has 3 aliphatic rings. The van der Waals surface area contributed by atoms with Gasteiger partial charge in [0, 0.05) is 78.5 Å². The first-order chi connectivity index (χ1) is 15.6. The minimum absolute atomic E-state index is 0. The number of nitrogens with zero attached hydrogens (tertiary/aromatic N) is 5. The van der Waals surface area contributed by atoms with Crippen LogP contribution < -0.4 is 14.8 Å². The highest BCUT2D eigenvalue weighted by Crippen LogP contribution is 2.32. The van der Waals surface area contributed by atoms with E-state index in [-0.39, 0.29) is 24.0 Å². The fourth-order valence-corrected chi connectivity index (χ4v) is 4.61. The lowest BCUT2D eigenvalue weighted by atomic mass is 10.1. The molecule has 0 radical (unpaired) electrons. The second-order valence-electron chi connectivity index (χ2n) is 9.35. The molecule has 0 aromatic heterocycles. The lowest BCUT2D eigenvalue weighted by Crippen LogP contribution is -2.52. The Morgan fingerprint density at radius 2 is 1.70 bits per heavy atom. The minimum Gasteiger partial charge on any atom is -0.454 e. The molecule has 0 spiro atoms. The van der Waals surface area contributed by atoms with E-state index in [9.17, 15) is 0 Å². The number of aliphatic imine (C=N–C) groups is 1. The Bertz CT molecular complexity index is 763. The Labute approximate surface area is 216 Å². The van der Waals surface area contributed by atoms with Crippen molar-refractivity contribution in [3.8, 4) is 11.5 Å². The first-order valence-corrected chi connectivity index (χ1v) is 12.2. The number of halogens is 1. The number of likely N-dealkylation sites (N-methyl/N-ethyl adjacent to an activating group) is 1. The van der Waals surface area contributed by atoms with Gasteiger partial charge in [0.05, 0.1) is 0 Å². The highest BCUT2D eigenvalue weighted by Gasteiger charge is 2.22. The third-order valence-electron chi connectivity index (χ3n) is 6.57. The monoisotopic (exact) mass is 572 g/mol. The summed E-state index contributed by atoms with van der Waals surface area (Å²) < 4.78 is 11.0. The number of rotatable bonds is 7. The molecule has 0 amide bonds. The standard InChI is InChI=1S/C24H40N6O2.HI/c1-4-25-24(26-16-20(2)17-28-9-7-27(3)8-10-28)30-13-11-29(12-14-30)18-21-5-6-22-23(15-21)32-19-31-22;/h5-6,15,20H,4,7-14,16-19H2,1-3H3,(H,25,26);1H. The third kappa shape index (κ3) is 7.60. The van der Waals surface area contributed by atoms with Crippen LogP contribution in [0.25, 0.3) is 0 Å². The number of piperazine rings is 2. The van der Waals surface area contributed by atoms with Gasteiger partial charge in [0.25, 0.3) is 0 Å². The summed E-state index contributed by atoms with van der Waals surface area (Å²) in [6, 6.07) is 6.28. The van der Waals surface area contributed by atoms with E-state index >= 15 is 0 Å². The number of hydrogen-bond donors (Lipinski definition) is 1. The van der Waals surface area contributed by atoms with Crippen molar-refractivity contribution in [1.82, 2.24) is 24.9 Å². The summed E-state index contributed by atoms with van der Waals surface area (Å²) in [5.74, 6) is 3.36. The van der Waals surface area contributed by atoms with E-state index < -0.39 is 0 Å². The lowest BCUT2D eigenvalue weighted by Gasteiger charge is -2.37. The van der Waals surface area contributed by atoms with Crippen LogP contribution in [0.2, 0.25) is 0 Å². The number of guanidine groups is 1. The number of hydrogen-bond acceptors (Lipinski definition) is 6.